The molecule has 0 spiro atoms. The van der Waals surface area contributed by atoms with Crippen molar-refractivity contribution in [2.45, 2.75) is 17.9 Å². The highest BCUT2D eigenvalue weighted by atomic mass is 35.5. The Morgan fingerprint density at radius 3 is 2.12 bits per heavy atom. The molecule has 1 atom stereocenters. The molecular weight excluding hydrogens is 611 g/mol. The lowest BCUT2D eigenvalue weighted by Crippen LogP contribution is -2.39. The third-order valence-electron chi connectivity index (χ3n) is 6.08. The summed E-state index contributed by atoms with van der Waals surface area (Å²) in [4.78, 5) is 25.0. The number of nitrogens with one attached hydrogen (secondary N) is 2. The molecule has 12 heteroatoms. The van der Waals surface area contributed by atoms with E-state index in [0.717, 1.165) is 9.87 Å². The first-order chi connectivity index (χ1) is 20.6. The lowest BCUT2D eigenvalue weighted by Gasteiger charge is -2.24. The van der Waals surface area contributed by atoms with Crippen molar-refractivity contribution < 1.29 is 22.7 Å². The van der Waals surface area contributed by atoms with Crippen LogP contribution in [0.15, 0.2) is 113 Å². The van der Waals surface area contributed by atoms with Crippen LogP contribution in [0.1, 0.15) is 24.1 Å². The molecule has 43 heavy (non-hydrogen) atoms. The summed E-state index contributed by atoms with van der Waals surface area (Å²) in [6, 6.07) is 28.1. The monoisotopic (exact) mass is 638 g/mol. The van der Waals surface area contributed by atoms with E-state index in [0.29, 0.717) is 11.3 Å². The van der Waals surface area contributed by atoms with E-state index in [9.17, 15) is 18.0 Å². The molecule has 0 aliphatic heterocycles. The van der Waals surface area contributed by atoms with Crippen LogP contribution in [0.2, 0.25) is 10.0 Å². The molecular formula is C31H28Cl2N4O5S. The van der Waals surface area contributed by atoms with Crippen molar-refractivity contribution in [2.24, 2.45) is 5.10 Å². The molecule has 0 aromatic heterocycles. The number of benzene rings is 4. The fraction of sp³-hybridized carbons (Fsp3) is 0.129. The number of ether oxygens (including phenoxy) is 1. The molecule has 0 aliphatic rings. The SMILES string of the molecule is C[C@@H](NC(=O)COc1ccc(/C=N\NC(=O)CN(c2cc(Cl)cc(Cl)c2)S(=O)(=O)c2ccccc2)cc1)c1ccccc1. The van der Waals surface area contributed by atoms with Gasteiger partial charge in [-0.15, -0.1) is 0 Å². The van der Waals surface area contributed by atoms with E-state index < -0.39 is 22.5 Å². The van der Waals surface area contributed by atoms with Crippen molar-refractivity contribution >= 4 is 56.9 Å². The van der Waals surface area contributed by atoms with E-state index in [2.05, 4.69) is 15.8 Å². The predicted molar refractivity (Wildman–Crippen MR) is 168 cm³/mol. The number of hydrogen-bond acceptors (Lipinski definition) is 6. The molecule has 0 radical (unpaired) electrons. The fourth-order valence-corrected chi connectivity index (χ4v) is 5.91. The fourth-order valence-electron chi connectivity index (χ4n) is 3.97. The largest absolute Gasteiger partial charge is 0.484 e. The molecule has 222 valence electrons. The van der Waals surface area contributed by atoms with Crippen LogP contribution in [0.3, 0.4) is 0 Å². The van der Waals surface area contributed by atoms with Crippen LogP contribution >= 0.6 is 23.2 Å². The molecule has 0 fully saturated rings. The lowest BCUT2D eigenvalue weighted by atomic mass is 10.1. The van der Waals surface area contributed by atoms with Gasteiger partial charge in [0.1, 0.15) is 12.3 Å². The maximum atomic E-state index is 13.4. The topological polar surface area (TPSA) is 117 Å². The molecule has 2 amide bonds. The zero-order valence-electron chi connectivity index (χ0n) is 23.0. The number of sulfonamides is 1. The number of carbonyl (C=O) groups excluding carboxylic acids is 2. The van der Waals surface area contributed by atoms with Gasteiger partial charge in [0, 0.05) is 10.0 Å². The van der Waals surface area contributed by atoms with Crippen molar-refractivity contribution in [3.8, 4) is 5.75 Å². The average molecular weight is 640 g/mol. The first-order valence-corrected chi connectivity index (χ1v) is 15.2. The van der Waals surface area contributed by atoms with Crippen molar-refractivity contribution in [1.29, 1.82) is 0 Å². The van der Waals surface area contributed by atoms with Gasteiger partial charge in [-0.25, -0.2) is 13.8 Å². The second-order valence-corrected chi connectivity index (χ2v) is 12.0. The maximum Gasteiger partial charge on any atom is 0.264 e. The molecule has 0 heterocycles. The van der Waals surface area contributed by atoms with Gasteiger partial charge in [-0.3, -0.25) is 13.9 Å². The molecule has 4 rings (SSSR count). The first-order valence-electron chi connectivity index (χ1n) is 13.0. The highest BCUT2D eigenvalue weighted by Gasteiger charge is 2.27. The number of carbonyl (C=O) groups is 2. The van der Waals surface area contributed by atoms with Gasteiger partial charge >= 0.3 is 0 Å². The Kier molecular flexibility index (Phi) is 10.8. The van der Waals surface area contributed by atoms with Gasteiger partial charge < -0.3 is 10.1 Å². The third kappa shape index (κ3) is 9.05. The Morgan fingerprint density at radius 1 is 0.884 bits per heavy atom. The molecule has 0 saturated carbocycles. The van der Waals surface area contributed by atoms with Crippen LogP contribution in [0.4, 0.5) is 5.69 Å². The van der Waals surface area contributed by atoms with E-state index in [-0.39, 0.29) is 39.2 Å². The van der Waals surface area contributed by atoms with Crippen molar-refractivity contribution in [1.82, 2.24) is 10.7 Å². The van der Waals surface area contributed by atoms with Gasteiger partial charge in [-0.05, 0) is 72.6 Å². The molecule has 0 bridgehead atoms. The van der Waals surface area contributed by atoms with Gasteiger partial charge in [-0.1, -0.05) is 71.7 Å². The lowest BCUT2D eigenvalue weighted by molar-refractivity contribution is -0.123. The standard InChI is InChI=1S/C31H28Cl2N4O5S/c1-22(24-8-4-2-5-9-24)35-31(39)21-42-28-14-12-23(13-15-28)19-34-36-30(38)20-37(27-17-25(32)16-26(33)18-27)43(40,41)29-10-6-3-7-11-29/h2-19,22H,20-21H2,1H3,(H,35,39)(H,36,38)/b34-19-/t22-/m1/s1. The molecule has 2 N–H and O–H groups in total. The van der Waals surface area contributed by atoms with Crippen molar-refractivity contribution in [3.63, 3.8) is 0 Å². The Balaban J connectivity index is 1.34. The molecule has 0 unspecified atom stereocenters. The Labute approximate surface area is 260 Å². The Hall–Kier alpha value is -4.38. The Bertz CT molecular complexity index is 1670. The number of nitrogens with zero attached hydrogens (tertiary/aromatic N) is 2. The van der Waals surface area contributed by atoms with Gasteiger partial charge in [0.2, 0.25) is 0 Å². The first kappa shape index (κ1) is 31.6. The highest BCUT2D eigenvalue weighted by molar-refractivity contribution is 7.92. The minimum Gasteiger partial charge on any atom is -0.484 e. The zero-order chi connectivity index (χ0) is 30.8. The number of amides is 2. The van der Waals surface area contributed by atoms with E-state index >= 15 is 0 Å². The van der Waals surface area contributed by atoms with Crippen LogP contribution < -0.4 is 19.8 Å². The second kappa shape index (κ2) is 14.7. The van der Waals surface area contributed by atoms with Gasteiger partial charge in [0.15, 0.2) is 6.61 Å². The number of hydrazone groups is 1. The minimum absolute atomic E-state index is 0.00658. The smallest absolute Gasteiger partial charge is 0.264 e. The van der Waals surface area contributed by atoms with Crippen molar-refractivity contribution in [2.75, 3.05) is 17.5 Å². The molecule has 9 nitrogen and oxygen atoms in total. The summed E-state index contributed by atoms with van der Waals surface area (Å²) in [7, 11) is -4.14. The quantitative estimate of drug-likeness (QED) is 0.155. The molecule has 4 aromatic rings. The van der Waals surface area contributed by atoms with Crippen LogP contribution in [-0.4, -0.2) is 39.6 Å². The van der Waals surface area contributed by atoms with Crippen molar-refractivity contribution in [3.05, 3.63) is 124 Å². The zero-order valence-corrected chi connectivity index (χ0v) is 25.3. The summed E-state index contributed by atoms with van der Waals surface area (Å²) < 4.78 is 33.3. The minimum atomic E-state index is -4.14. The van der Waals surface area contributed by atoms with E-state index in [1.54, 1.807) is 42.5 Å². The normalized spacial score (nSPS) is 12.0. The summed E-state index contributed by atoms with van der Waals surface area (Å²) in [5, 5.41) is 7.25. The number of anilines is 1. The number of hydrogen-bond donors (Lipinski definition) is 2. The summed E-state index contributed by atoms with van der Waals surface area (Å²) in [6.45, 7) is 1.16. The van der Waals surface area contributed by atoms with Crippen LogP contribution in [0, 0.1) is 0 Å². The van der Waals surface area contributed by atoms with Crippen LogP contribution in [0.25, 0.3) is 0 Å². The molecule has 4 aromatic carbocycles. The maximum absolute atomic E-state index is 13.4. The number of halogens is 2. The highest BCUT2D eigenvalue weighted by Crippen LogP contribution is 2.29. The summed E-state index contributed by atoms with van der Waals surface area (Å²) in [5.74, 6) is -0.471. The van der Waals surface area contributed by atoms with Gasteiger partial charge in [0.05, 0.1) is 22.8 Å². The Morgan fingerprint density at radius 2 is 1.49 bits per heavy atom. The summed E-state index contributed by atoms with van der Waals surface area (Å²) in [5.41, 5.74) is 4.09. The third-order valence-corrected chi connectivity index (χ3v) is 8.31. The van der Waals surface area contributed by atoms with Gasteiger partial charge in [-0.2, -0.15) is 5.10 Å². The summed E-state index contributed by atoms with van der Waals surface area (Å²) >= 11 is 12.2. The predicted octanol–water partition coefficient (Wildman–Crippen LogP) is 5.60. The van der Waals surface area contributed by atoms with Crippen LogP contribution in [0.5, 0.6) is 5.75 Å². The molecule has 0 saturated heterocycles. The van der Waals surface area contributed by atoms with E-state index in [4.69, 9.17) is 27.9 Å². The summed E-state index contributed by atoms with van der Waals surface area (Å²) in [6.07, 6.45) is 1.39. The number of rotatable bonds is 12. The van der Waals surface area contributed by atoms with E-state index in [1.165, 1.54) is 36.5 Å². The second-order valence-electron chi connectivity index (χ2n) is 9.30. The van der Waals surface area contributed by atoms with Crippen LogP contribution in [-0.2, 0) is 19.6 Å². The molecule has 0 aliphatic carbocycles. The average Bonchev–Trinajstić information content (AvgIpc) is 2.99. The van der Waals surface area contributed by atoms with Gasteiger partial charge in [0.25, 0.3) is 21.8 Å². The van der Waals surface area contributed by atoms with E-state index in [1.807, 2.05) is 37.3 Å².